The van der Waals surface area contributed by atoms with Gasteiger partial charge in [0.05, 0.1) is 5.69 Å². The third-order valence-corrected chi connectivity index (χ3v) is 6.85. The summed E-state index contributed by atoms with van der Waals surface area (Å²) < 4.78 is 0. The molecule has 0 radical (unpaired) electrons. The van der Waals surface area contributed by atoms with Crippen LogP contribution in [0.15, 0.2) is 18.3 Å². The van der Waals surface area contributed by atoms with Gasteiger partial charge in [0.2, 0.25) is 0 Å². The number of carbonyl (C=O) groups is 1. The summed E-state index contributed by atoms with van der Waals surface area (Å²) in [5, 5.41) is 3.21. The lowest BCUT2D eigenvalue weighted by molar-refractivity contribution is 0.133. The third-order valence-electron chi connectivity index (χ3n) is 6.85. The van der Waals surface area contributed by atoms with Crippen LogP contribution in [0.1, 0.15) is 43.4 Å². The summed E-state index contributed by atoms with van der Waals surface area (Å²) in [6.07, 6.45) is 8.64. The molecule has 1 saturated carbocycles. The summed E-state index contributed by atoms with van der Waals surface area (Å²) in [5.41, 5.74) is 2.39. The van der Waals surface area contributed by atoms with E-state index in [1.807, 2.05) is 17.2 Å². The number of likely N-dealkylation sites (tertiary alicyclic amines) is 1. The summed E-state index contributed by atoms with van der Waals surface area (Å²) in [5.74, 6) is 0.623. The number of pyridine rings is 1. The van der Waals surface area contributed by atoms with Crippen LogP contribution >= 0.6 is 0 Å². The topological polar surface area (TPSA) is 51.7 Å². The molecular weight excluding hydrogens is 350 g/mol. The molecule has 0 aromatic carbocycles. The van der Waals surface area contributed by atoms with E-state index >= 15 is 0 Å². The van der Waals surface area contributed by atoms with Crippen molar-refractivity contribution in [3.63, 3.8) is 0 Å². The lowest BCUT2D eigenvalue weighted by Gasteiger charge is -2.35. The molecule has 6 heteroatoms. The van der Waals surface area contributed by atoms with Gasteiger partial charge in [-0.3, -0.25) is 9.88 Å². The molecule has 0 unspecified atom stereocenters. The highest BCUT2D eigenvalue weighted by Crippen LogP contribution is 2.28. The Morgan fingerprint density at radius 2 is 1.93 bits per heavy atom. The molecule has 3 fully saturated rings. The Kier molecular flexibility index (Phi) is 6.47. The molecule has 0 spiro atoms. The van der Waals surface area contributed by atoms with Crippen molar-refractivity contribution in [3.8, 4) is 0 Å². The van der Waals surface area contributed by atoms with Crippen molar-refractivity contribution >= 4 is 6.03 Å². The van der Waals surface area contributed by atoms with Gasteiger partial charge in [-0.15, -0.1) is 0 Å². The van der Waals surface area contributed by atoms with Gasteiger partial charge in [0.25, 0.3) is 0 Å². The van der Waals surface area contributed by atoms with Crippen LogP contribution in [0.4, 0.5) is 4.79 Å². The van der Waals surface area contributed by atoms with Crippen LogP contribution in [0.5, 0.6) is 0 Å². The van der Waals surface area contributed by atoms with Crippen LogP contribution in [0.3, 0.4) is 0 Å². The number of nitrogens with one attached hydrogen (secondary N) is 1. The fourth-order valence-electron chi connectivity index (χ4n) is 4.98. The second kappa shape index (κ2) is 9.23. The van der Waals surface area contributed by atoms with Crippen molar-refractivity contribution < 1.29 is 4.79 Å². The zero-order chi connectivity index (χ0) is 19.3. The van der Waals surface area contributed by atoms with Crippen molar-refractivity contribution in [1.82, 2.24) is 25.0 Å². The van der Waals surface area contributed by atoms with Gasteiger partial charge in [0, 0.05) is 58.1 Å². The first kappa shape index (κ1) is 19.6. The van der Waals surface area contributed by atoms with Gasteiger partial charge in [0.15, 0.2) is 0 Å². The van der Waals surface area contributed by atoms with E-state index in [2.05, 4.69) is 33.1 Å². The minimum absolute atomic E-state index is 0.119. The van der Waals surface area contributed by atoms with E-state index in [4.69, 9.17) is 0 Å². The Morgan fingerprint density at radius 1 is 1.14 bits per heavy atom. The normalized spacial score (nSPS) is 24.8. The number of amides is 2. The van der Waals surface area contributed by atoms with Crippen LogP contribution in [-0.4, -0.2) is 77.6 Å². The van der Waals surface area contributed by atoms with Gasteiger partial charge in [-0.25, -0.2) is 4.79 Å². The predicted octanol–water partition coefficient (Wildman–Crippen LogP) is 2.48. The number of aryl methyl sites for hydroxylation is 1. The summed E-state index contributed by atoms with van der Waals surface area (Å²) in [7, 11) is 0. The van der Waals surface area contributed by atoms with Gasteiger partial charge in [-0.05, 0) is 50.3 Å². The number of aromatic nitrogens is 1. The summed E-state index contributed by atoms with van der Waals surface area (Å²) in [6, 6.07) is 5.03. The van der Waals surface area contributed by atoms with Gasteiger partial charge >= 0.3 is 6.03 Å². The van der Waals surface area contributed by atoms with Crippen LogP contribution < -0.4 is 5.32 Å². The number of hydrogen-bond acceptors (Lipinski definition) is 4. The molecule has 2 aliphatic heterocycles. The van der Waals surface area contributed by atoms with E-state index in [1.165, 1.54) is 50.8 Å². The highest BCUT2D eigenvalue weighted by molar-refractivity contribution is 5.74. The monoisotopic (exact) mass is 385 g/mol. The van der Waals surface area contributed by atoms with Crippen molar-refractivity contribution in [3.05, 3.63) is 29.6 Å². The molecule has 3 heterocycles. The maximum absolute atomic E-state index is 12.6. The molecule has 2 saturated heterocycles. The Morgan fingerprint density at radius 3 is 2.68 bits per heavy atom. The molecular formula is C22H35N5O. The van der Waals surface area contributed by atoms with Crippen LogP contribution in [0.25, 0.3) is 0 Å². The quantitative estimate of drug-likeness (QED) is 0.846. The molecule has 1 aromatic rings. The van der Waals surface area contributed by atoms with Crippen LogP contribution in [0, 0.1) is 12.8 Å². The van der Waals surface area contributed by atoms with E-state index < -0.39 is 0 Å². The number of nitrogens with zero attached hydrogens (tertiary/aromatic N) is 4. The average molecular weight is 386 g/mol. The standard InChI is InChI=1S/C22H35N5O/c1-18-5-4-9-23-21(18)17-25-11-13-26(14-12-25)22(28)24-15-19-8-10-27(16-19)20-6-2-3-7-20/h4-5,9,19-20H,2-3,6-8,10-17H2,1H3,(H,24,28)/t19-/m1/s1. The SMILES string of the molecule is Cc1cccnc1CN1CCN(C(=O)NC[C@H]2CCN(C3CCCC3)C2)CC1. The molecule has 4 rings (SSSR count). The molecule has 1 aromatic heterocycles. The molecule has 3 aliphatic rings. The number of rotatable bonds is 5. The smallest absolute Gasteiger partial charge is 0.317 e. The highest BCUT2D eigenvalue weighted by Gasteiger charge is 2.30. The zero-order valence-corrected chi connectivity index (χ0v) is 17.3. The van der Waals surface area contributed by atoms with E-state index in [-0.39, 0.29) is 6.03 Å². The maximum atomic E-state index is 12.6. The highest BCUT2D eigenvalue weighted by atomic mass is 16.2. The zero-order valence-electron chi connectivity index (χ0n) is 17.3. The second-order valence-electron chi connectivity index (χ2n) is 8.80. The van der Waals surface area contributed by atoms with E-state index in [0.29, 0.717) is 5.92 Å². The maximum Gasteiger partial charge on any atom is 0.317 e. The summed E-state index contributed by atoms with van der Waals surface area (Å²) >= 11 is 0. The fourth-order valence-corrected chi connectivity index (χ4v) is 4.98. The van der Waals surface area contributed by atoms with Gasteiger partial charge in [-0.2, -0.15) is 0 Å². The van der Waals surface area contributed by atoms with E-state index in [0.717, 1.165) is 51.0 Å². The Balaban J connectivity index is 1.16. The molecule has 2 amide bonds. The van der Waals surface area contributed by atoms with Crippen LogP contribution in [0.2, 0.25) is 0 Å². The van der Waals surface area contributed by atoms with Crippen molar-refractivity contribution in [1.29, 1.82) is 0 Å². The summed E-state index contributed by atoms with van der Waals surface area (Å²) in [4.78, 5) is 24.1. The molecule has 6 nitrogen and oxygen atoms in total. The Bertz CT molecular complexity index is 652. The number of piperazine rings is 1. The number of carbonyl (C=O) groups excluding carboxylic acids is 1. The van der Waals surface area contributed by atoms with Crippen LogP contribution in [-0.2, 0) is 6.54 Å². The average Bonchev–Trinajstić information content (AvgIpc) is 3.40. The number of hydrogen-bond donors (Lipinski definition) is 1. The van der Waals surface area contributed by atoms with Crippen molar-refractivity contribution in [2.24, 2.45) is 5.92 Å². The minimum atomic E-state index is 0.119. The van der Waals surface area contributed by atoms with Crippen molar-refractivity contribution in [2.45, 2.75) is 51.6 Å². The van der Waals surface area contributed by atoms with Gasteiger partial charge in [0.1, 0.15) is 0 Å². The molecule has 1 aliphatic carbocycles. The molecule has 0 bridgehead atoms. The molecule has 154 valence electrons. The largest absolute Gasteiger partial charge is 0.338 e. The van der Waals surface area contributed by atoms with Crippen molar-refractivity contribution in [2.75, 3.05) is 45.8 Å². The minimum Gasteiger partial charge on any atom is -0.338 e. The lowest BCUT2D eigenvalue weighted by atomic mass is 10.1. The molecule has 1 atom stereocenters. The van der Waals surface area contributed by atoms with E-state index in [1.54, 1.807) is 0 Å². The Labute approximate surface area is 169 Å². The lowest BCUT2D eigenvalue weighted by Crippen LogP contribution is -2.52. The molecule has 1 N–H and O–H groups in total. The van der Waals surface area contributed by atoms with Gasteiger partial charge in [-0.1, -0.05) is 18.9 Å². The first-order chi connectivity index (χ1) is 13.7. The molecule has 28 heavy (non-hydrogen) atoms. The summed E-state index contributed by atoms with van der Waals surface area (Å²) in [6.45, 7) is 9.65. The second-order valence-corrected chi connectivity index (χ2v) is 8.80. The first-order valence-electron chi connectivity index (χ1n) is 11.1. The number of urea groups is 1. The van der Waals surface area contributed by atoms with Gasteiger partial charge < -0.3 is 15.1 Å². The predicted molar refractivity (Wildman–Crippen MR) is 111 cm³/mol. The first-order valence-corrected chi connectivity index (χ1v) is 11.1. The Hall–Kier alpha value is -1.66. The van der Waals surface area contributed by atoms with E-state index in [9.17, 15) is 4.79 Å². The fraction of sp³-hybridized carbons (Fsp3) is 0.727. The third kappa shape index (κ3) is 4.84.